The van der Waals surface area contributed by atoms with E-state index in [2.05, 4.69) is 27.7 Å². The van der Waals surface area contributed by atoms with Crippen molar-refractivity contribution in [2.45, 2.75) is 20.4 Å². The molecule has 0 saturated carbocycles. The van der Waals surface area contributed by atoms with Gasteiger partial charge in [-0.25, -0.2) is 0 Å². The molecule has 1 amide bonds. The van der Waals surface area contributed by atoms with E-state index in [9.17, 15) is 4.79 Å². The Morgan fingerprint density at radius 1 is 1.07 bits per heavy atom. The maximum absolute atomic E-state index is 12.4. The number of thiocarbonyl (C=S) groups is 1. The Bertz CT molecular complexity index is 794. The van der Waals surface area contributed by atoms with E-state index in [-0.39, 0.29) is 5.91 Å². The van der Waals surface area contributed by atoms with Crippen LogP contribution in [0.5, 0.6) is 0 Å². The van der Waals surface area contributed by atoms with E-state index in [1.165, 1.54) is 5.56 Å². The van der Waals surface area contributed by atoms with Gasteiger partial charge in [0.05, 0.1) is 13.2 Å². The van der Waals surface area contributed by atoms with E-state index < -0.39 is 0 Å². The molecule has 1 aliphatic rings. The smallest absolute Gasteiger partial charge is 0.257 e. The number of amides is 1. The topological polar surface area (TPSA) is 53.6 Å². The van der Waals surface area contributed by atoms with E-state index in [1.54, 1.807) is 0 Å². The lowest BCUT2D eigenvalue weighted by molar-refractivity contribution is 0.0342. The second kappa shape index (κ2) is 9.08. The van der Waals surface area contributed by atoms with Gasteiger partial charge in [0, 0.05) is 30.9 Å². The molecule has 27 heavy (non-hydrogen) atoms. The monoisotopic (exact) mass is 383 g/mol. The SMILES string of the molecule is Cc1cc(C)cc(C(=O)NC(=S)Nc2ccc(CN3CCOCC3)cc2)c1. The molecule has 2 N–H and O–H groups in total. The molecule has 142 valence electrons. The predicted molar refractivity (Wildman–Crippen MR) is 112 cm³/mol. The summed E-state index contributed by atoms with van der Waals surface area (Å²) in [6, 6.07) is 13.8. The second-order valence-corrected chi connectivity index (χ2v) is 7.28. The molecule has 0 aromatic heterocycles. The first-order chi connectivity index (χ1) is 13.0. The van der Waals surface area contributed by atoms with Crippen molar-refractivity contribution >= 4 is 28.9 Å². The Balaban J connectivity index is 1.53. The number of anilines is 1. The minimum Gasteiger partial charge on any atom is -0.379 e. The Kier molecular flexibility index (Phi) is 6.55. The maximum atomic E-state index is 12.4. The van der Waals surface area contributed by atoms with Crippen LogP contribution in [0.25, 0.3) is 0 Å². The number of benzene rings is 2. The second-order valence-electron chi connectivity index (χ2n) is 6.87. The molecular weight excluding hydrogens is 358 g/mol. The molecule has 1 saturated heterocycles. The Morgan fingerprint density at radius 3 is 2.33 bits per heavy atom. The molecule has 1 aliphatic heterocycles. The summed E-state index contributed by atoms with van der Waals surface area (Å²) in [5, 5.41) is 6.10. The number of nitrogens with zero attached hydrogens (tertiary/aromatic N) is 1. The lowest BCUT2D eigenvalue weighted by atomic mass is 10.1. The van der Waals surface area contributed by atoms with Crippen LogP contribution in [-0.2, 0) is 11.3 Å². The van der Waals surface area contributed by atoms with Gasteiger partial charge in [0.15, 0.2) is 5.11 Å². The highest BCUT2D eigenvalue weighted by Gasteiger charge is 2.11. The molecule has 0 unspecified atom stereocenters. The largest absolute Gasteiger partial charge is 0.379 e. The molecule has 0 radical (unpaired) electrons. The van der Waals surface area contributed by atoms with Crippen LogP contribution in [0.4, 0.5) is 5.69 Å². The summed E-state index contributed by atoms with van der Waals surface area (Å²) in [5.41, 5.74) is 4.81. The normalized spacial score (nSPS) is 14.6. The number of ether oxygens (including phenoxy) is 1. The van der Waals surface area contributed by atoms with Gasteiger partial charge in [-0.15, -0.1) is 0 Å². The van der Waals surface area contributed by atoms with Gasteiger partial charge in [-0.2, -0.15) is 0 Å². The number of morpholine rings is 1. The van der Waals surface area contributed by atoms with Gasteiger partial charge in [0.2, 0.25) is 0 Å². The third-order valence-corrected chi connectivity index (χ3v) is 4.64. The van der Waals surface area contributed by atoms with Crippen molar-refractivity contribution in [3.05, 3.63) is 64.7 Å². The van der Waals surface area contributed by atoms with Gasteiger partial charge >= 0.3 is 0 Å². The summed E-state index contributed by atoms with van der Waals surface area (Å²) in [6.45, 7) is 8.39. The van der Waals surface area contributed by atoms with Gasteiger partial charge in [-0.05, 0) is 55.9 Å². The van der Waals surface area contributed by atoms with E-state index in [1.807, 2.05) is 44.2 Å². The van der Waals surface area contributed by atoms with Crippen molar-refractivity contribution in [1.82, 2.24) is 10.2 Å². The molecule has 0 spiro atoms. The fourth-order valence-corrected chi connectivity index (χ4v) is 3.36. The minimum absolute atomic E-state index is 0.205. The van der Waals surface area contributed by atoms with Crippen molar-refractivity contribution in [2.24, 2.45) is 0 Å². The molecule has 2 aromatic carbocycles. The van der Waals surface area contributed by atoms with Gasteiger partial charge in [0.1, 0.15) is 0 Å². The maximum Gasteiger partial charge on any atom is 0.257 e. The molecule has 2 aromatic rings. The molecule has 0 aliphatic carbocycles. The first-order valence-electron chi connectivity index (χ1n) is 9.09. The summed E-state index contributed by atoms with van der Waals surface area (Å²) in [5.74, 6) is -0.205. The van der Waals surface area contributed by atoms with Crippen molar-refractivity contribution < 1.29 is 9.53 Å². The van der Waals surface area contributed by atoms with Crippen LogP contribution in [0.15, 0.2) is 42.5 Å². The Labute approximate surface area is 165 Å². The highest BCUT2D eigenvalue weighted by molar-refractivity contribution is 7.80. The molecule has 6 heteroatoms. The van der Waals surface area contributed by atoms with Crippen LogP contribution in [0.1, 0.15) is 27.0 Å². The van der Waals surface area contributed by atoms with Crippen molar-refractivity contribution in [3.8, 4) is 0 Å². The fraction of sp³-hybridized carbons (Fsp3) is 0.333. The summed E-state index contributed by atoms with van der Waals surface area (Å²) >= 11 is 5.28. The Hall–Kier alpha value is -2.28. The predicted octanol–water partition coefficient (Wildman–Crippen LogP) is 3.26. The van der Waals surface area contributed by atoms with E-state index in [4.69, 9.17) is 17.0 Å². The van der Waals surface area contributed by atoms with Gasteiger partial charge in [0.25, 0.3) is 5.91 Å². The van der Waals surface area contributed by atoms with Crippen molar-refractivity contribution in [3.63, 3.8) is 0 Å². The molecular formula is C21H25N3O2S. The highest BCUT2D eigenvalue weighted by atomic mass is 32.1. The first kappa shape index (κ1) is 19.5. The van der Waals surface area contributed by atoms with E-state index >= 15 is 0 Å². The van der Waals surface area contributed by atoms with Crippen LogP contribution in [0.2, 0.25) is 0 Å². The van der Waals surface area contributed by atoms with Crippen LogP contribution in [0, 0.1) is 13.8 Å². The van der Waals surface area contributed by atoms with Crippen LogP contribution < -0.4 is 10.6 Å². The highest BCUT2D eigenvalue weighted by Crippen LogP contribution is 2.13. The zero-order valence-corrected chi connectivity index (χ0v) is 16.6. The third-order valence-electron chi connectivity index (χ3n) is 4.43. The quantitative estimate of drug-likeness (QED) is 0.794. The number of nitrogens with one attached hydrogen (secondary N) is 2. The number of aryl methyl sites for hydroxylation is 2. The summed E-state index contributed by atoms with van der Waals surface area (Å²) in [6.07, 6.45) is 0. The molecule has 0 bridgehead atoms. The summed E-state index contributed by atoms with van der Waals surface area (Å²) < 4.78 is 5.38. The minimum atomic E-state index is -0.205. The van der Waals surface area contributed by atoms with Gasteiger partial charge in [-0.1, -0.05) is 29.3 Å². The average molecular weight is 384 g/mol. The number of rotatable bonds is 4. The lowest BCUT2D eigenvalue weighted by Gasteiger charge is -2.26. The Morgan fingerprint density at radius 2 is 1.70 bits per heavy atom. The van der Waals surface area contributed by atoms with Gasteiger partial charge in [-0.3, -0.25) is 15.0 Å². The van der Waals surface area contributed by atoms with Crippen LogP contribution in [-0.4, -0.2) is 42.2 Å². The van der Waals surface area contributed by atoms with E-state index in [0.29, 0.717) is 10.7 Å². The zero-order valence-electron chi connectivity index (χ0n) is 15.7. The first-order valence-corrected chi connectivity index (χ1v) is 9.50. The van der Waals surface area contributed by atoms with E-state index in [0.717, 1.165) is 49.7 Å². The third kappa shape index (κ3) is 5.85. The number of carbonyl (C=O) groups excluding carboxylic acids is 1. The summed E-state index contributed by atoms with van der Waals surface area (Å²) in [7, 11) is 0. The molecule has 1 fully saturated rings. The number of hydrogen-bond acceptors (Lipinski definition) is 4. The van der Waals surface area contributed by atoms with Gasteiger partial charge < -0.3 is 10.1 Å². The lowest BCUT2D eigenvalue weighted by Crippen LogP contribution is -2.35. The fourth-order valence-electron chi connectivity index (χ4n) is 3.15. The molecule has 0 atom stereocenters. The van der Waals surface area contributed by atoms with Crippen LogP contribution >= 0.6 is 12.2 Å². The molecule has 1 heterocycles. The van der Waals surface area contributed by atoms with Crippen LogP contribution in [0.3, 0.4) is 0 Å². The number of hydrogen-bond donors (Lipinski definition) is 2. The molecule has 5 nitrogen and oxygen atoms in total. The average Bonchev–Trinajstić information content (AvgIpc) is 2.63. The van der Waals surface area contributed by atoms with Crippen molar-refractivity contribution in [1.29, 1.82) is 0 Å². The summed E-state index contributed by atoms with van der Waals surface area (Å²) in [4.78, 5) is 14.7. The number of carbonyl (C=O) groups is 1. The zero-order chi connectivity index (χ0) is 19.2. The standard InChI is InChI=1S/C21H25N3O2S/c1-15-11-16(2)13-18(12-15)20(25)23-21(27)22-19-5-3-17(4-6-19)14-24-7-9-26-10-8-24/h3-6,11-13H,7-10,14H2,1-2H3,(H2,22,23,25,27). The van der Waals surface area contributed by atoms with Crippen molar-refractivity contribution in [2.75, 3.05) is 31.6 Å². The molecule has 3 rings (SSSR count).